The monoisotopic (exact) mass is 347 g/mol. The molecule has 0 bridgehead atoms. The molecule has 3 aromatic rings. The summed E-state index contributed by atoms with van der Waals surface area (Å²) in [6.07, 6.45) is 3.02. The van der Waals surface area contributed by atoms with Gasteiger partial charge in [0.15, 0.2) is 5.82 Å². The lowest BCUT2D eigenvalue weighted by Gasteiger charge is -2.04. The van der Waals surface area contributed by atoms with Crippen LogP contribution in [0.1, 0.15) is 21.6 Å². The fraction of sp³-hybridized carbons (Fsp3) is 0.188. The first-order valence-corrected chi connectivity index (χ1v) is 7.60. The molecule has 0 fully saturated rings. The Labute approximate surface area is 142 Å². The molecule has 2 aromatic heterocycles. The molecule has 24 heavy (non-hydrogen) atoms. The van der Waals surface area contributed by atoms with Crippen molar-refractivity contribution >= 4 is 23.3 Å². The minimum atomic E-state index is -0.348. The van der Waals surface area contributed by atoms with Gasteiger partial charge in [0, 0.05) is 24.5 Å². The maximum Gasteiger partial charge on any atom is 0.260 e. The zero-order chi connectivity index (χ0) is 17.3. The highest BCUT2D eigenvalue weighted by atomic mass is 35.5. The van der Waals surface area contributed by atoms with Gasteiger partial charge in [-0.15, -0.1) is 0 Å². The van der Waals surface area contributed by atoms with Crippen LogP contribution >= 0.6 is 11.6 Å². The number of rotatable bonds is 4. The number of halogens is 2. The number of aromatic nitrogens is 4. The maximum absolute atomic E-state index is 13.7. The van der Waals surface area contributed by atoms with Crippen LogP contribution in [0.4, 0.5) is 10.2 Å². The lowest BCUT2D eigenvalue weighted by Crippen LogP contribution is -2.14. The second-order valence-electron chi connectivity index (χ2n) is 5.34. The quantitative estimate of drug-likeness (QED) is 0.789. The minimum Gasteiger partial charge on any atom is -0.304 e. The number of hydrogen-bond acceptors (Lipinski definition) is 3. The molecule has 2 heterocycles. The molecule has 8 heteroatoms. The normalized spacial score (nSPS) is 10.8. The number of carbonyl (C=O) groups is 1. The number of amides is 1. The predicted molar refractivity (Wildman–Crippen MR) is 88.6 cm³/mol. The fourth-order valence-corrected chi connectivity index (χ4v) is 2.46. The summed E-state index contributed by atoms with van der Waals surface area (Å²) in [4.78, 5) is 12.3. The molecule has 3 rings (SSSR count). The molecule has 0 spiro atoms. The summed E-state index contributed by atoms with van der Waals surface area (Å²) in [5, 5.41) is 11.2. The molecule has 1 N–H and O–H groups in total. The van der Waals surface area contributed by atoms with E-state index in [9.17, 15) is 9.18 Å². The average Bonchev–Trinajstić information content (AvgIpc) is 3.05. The lowest BCUT2D eigenvalue weighted by molar-refractivity contribution is 0.102. The Hall–Kier alpha value is -2.67. The number of anilines is 1. The average molecular weight is 348 g/mol. The summed E-state index contributed by atoms with van der Waals surface area (Å²) in [7, 11) is 1.75. The van der Waals surface area contributed by atoms with Crippen LogP contribution in [0, 0.1) is 12.7 Å². The van der Waals surface area contributed by atoms with Crippen molar-refractivity contribution < 1.29 is 9.18 Å². The van der Waals surface area contributed by atoms with E-state index in [0.717, 1.165) is 5.69 Å². The Morgan fingerprint density at radius 2 is 2.12 bits per heavy atom. The van der Waals surface area contributed by atoms with E-state index in [0.29, 0.717) is 11.1 Å². The zero-order valence-corrected chi connectivity index (χ0v) is 13.9. The van der Waals surface area contributed by atoms with Crippen molar-refractivity contribution in [2.24, 2.45) is 7.05 Å². The van der Waals surface area contributed by atoms with Crippen LogP contribution in [-0.2, 0) is 13.6 Å². The highest BCUT2D eigenvalue weighted by molar-refractivity contribution is 6.33. The number of hydrogen-bond donors (Lipinski definition) is 1. The van der Waals surface area contributed by atoms with Gasteiger partial charge in [0.05, 0.1) is 18.3 Å². The van der Waals surface area contributed by atoms with E-state index in [1.54, 1.807) is 43.0 Å². The van der Waals surface area contributed by atoms with E-state index in [2.05, 4.69) is 15.5 Å². The van der Waals surface area contributed by atoms with Crippen molar-refractivity contribution in [3.8, 4) is 0 Å². The molecule has 6 nitrogen and oxygen atoms in total. The van der Waals surface area contributed by atoms with Gasteiger partial charge in [-0.25, -0.2) is 4.39 Å². The molecule has 0 atom stereocenters. The summed E-state index contributed by atoms with van der Waals surface area (Å²) in [6.45, 7) is 2.01. The van der Waals surface area contributed by atoms with E-state index in [-0.39, 0.29) is 29.1 Å². The summed E-state index contributed by atoms with van der Waals surface area (Å²) in [5.74, 6) is -0.444. The third kappa shape index (κ3) is 3.16. The Morgan fingerprint density at radius 1 is 1.38 bits per heavy atom. The molecule has 1 aromatic carbocycles. The first kappa shape index (κ1) is 16.2. The van der Waals surface area contributed by atoms with Crippen LogP contribution in [0.25, 0.3) is 0 Å². The van der Waals surface area contributed by atoms with E-state index < -0.39 is 0 Å². The Morgan fingerprint density at radius 3 is 2.79 bits per heavy atom. The molecule has 0 radical (unpaired) electrons. The molecular weight excluding hydrogens is 333 g/mol. The van der Waals surface area contributed by atoms with Gasteiger partial charge in [-0.1, -0.05) is 29.8 Å². The minimum absolute atomic E-state index is 0.216. The second kappa shape index (κ2) is 6.45. The first-order chi connectivity index (χ1) is 11.5. The van der Waals surface area contributed by atoms with Gasteiger partial charge in [-0.2, -0.15) is 10.2 Å². The summed E-state index contributed by atoms with van der Waals surface area (Å²) in [6, 6.07) is 6.42. The van der Waals surface area contributed by atoms with Crippen molar-refractivity contribution in [2.45, 2.75) is 13.5 Å². The molecular formula is C16H15ClFN5O. The summed E-state index contributed by atoms with van der Waals surface area (Å²) < 4.78 is 16.8. The third-order valence-corrected chi connectivity index (χ3v) is 4.00. The number of benzene rings is 1. The molecule has 0 aliphatic heterocycles. The van der Waals surface area contributed by atoms with Gasteiger partial charge in [0.25, 0.3) is 5.91 Å². The number of carbonyl (C=O) groups excluding carboxylic acids is 1. The van der Waals surface area contributed by atoms with Crippen LogP contribution in [0.5, 0.6) is 0 Å². The highest BCUT2D eigenvalue weighted by Crippen LogP contribution is 2.21. The van der Waals surface area contributed by atoms with Gasteiger partial charge in [0.2, 0.25) is 0 Å². The molecule has 0 unspecified atom stereocenters. The molecule has 124 valence electrons. The Kier molecular flexibility index (Phi) is 4.35. The van der Waals surface area contributed by atoms with E-state index in [4.69, 9.17) is 11.6 Å². The standard InChI is InChI=1S/C16H15ClFN5O/c1-10-12(7-19-22(10)2)16(24)20-15-13(17)9-23(21-15)8-11-5-3-4-6-14(11)18/h3-7,9H,8H2,1-2H3,(H,20,21,24). The van der Waals surface area contributed by atoms with Crippen molar-refractivity contribution in [1.29, 1.82) is 0 Å². The van der Waals surface area contributed by atoms with Crippen molar-refractivity contribution in [1.82, 2.24) is 19.6 Å². The van der Waals surface area contributed by atoms with E-state index >= 15 is 0 Å². The molecule has 0 saturated carbocycles. The smallest absolute Gasteiger partial charge is 0.260 e. The van der Waals surface area contributed by atoms with Crippen LogP contribution < -0.4 is 5.32 Å². The molecule has 0 aliphatic carbocycles. The van der Waals surface area contributed by atoms with E-state index in [1.807, 2.05) is 0 Å². The van der Waals surface area contributed by atoms with Gasteiger partial charge in [0.1, 0.15) is 10.8 Å². The van der Waals surface area contributed by atoms with Crippen molar-refractivity contribution in [3.63, 3.8) is 0 Å². The van der Waals surface area contributed by atoms with Crippen molar-refractivity contribution in [2.75, 3.05) is 5.32 Å². The van der Waals surface area contributed by atoms with Crippen LogP contribution in [0.3, 0.4) is 0 Å². The lowest BCUT2D eigenvalue weighted by atomic mass is 10.2. The second-order valence-corrected chi connectivity index (χ2v) is 5.74. The van der Waals surface area contributed by atoms with Gasteiger partial charge < -0.3 is 5.32 Å². The molecule has 0 saturated heterocycles. The Bertz CT molecular complexity index is 902. The highest BCUT2D eigenvalue weighted by Gasteiger charge is 2.16. The summed E-state index contributed by atoms with van der Waals surface area (Å²) in [5.41, 5.74) is 1.66. The fourth-order valence-electron chi connectivity index (χ4n) is 2.26. The number of aryl methyl sites for hydroxylation is 1. The van der Waals surface area contributed by atoms with Crippen LogP contribution in [0.15, 0.2) is 36.7 Å². The zero-order valence-electron chi connectivity index (χ0n) is 13.1. The van der Waals surface area contributed by atoms with Crippen molar-refractivity contribution in [3.05, 3.63) is 64.3 Å². The van der Waals surface area contributed by atoms with Gasteiger partial charge in [-0.05, 0) is 13.0 Å². The van der Waals surface area contributed by atoms with Crippen LogP contribution in [0.2, 0.25) is 5.02 Å². The molecule has 0 aliphatic rings. The maximum atomic E-state index is 13.7. The van der Waals surface area contributed by atoms with Gasteiger partial charge >= 0.3 is 0 Å². The largest absolute Gasteiger partial charge is 0.304 e. The predicted octanol–water partition coefficient (Wildman–Crippen LogP) is 3.02. The topological polar surface area (TPSA) is 64.7 Å². The van der Waals surface area contributed by atoms with Crippen LogP contribution in [-0.4, -0.2) is 25.5 Å². The summed E-state index contributed by atoms with van der Waals surface area (Å²) >= 11 is 6.11. The van der Waals surface area contributed by atoms with E-state index in [1.165, 1.54) is 16.9 Å². The number of nitrogens with one attached hydrogen (secondary N) is 1. The Balaban J connectivity index is 1.78. The first-order valence-electron chi connectivity index (χ1n) is 7.22. The number of nitrogens with zero attached hydrogens (tertiary/aromatic N) is 4. The third-order valence-electron chi connectivity index (χ3n) is 3.72. The molecule has 1 amide bonds. The van der Waals surface area contributed by atoms with Gasteiger partial charge in [-0.3, -0.25) is 14.2 Å². The SMILES string of the molecule is Cc1c(C(=O)Nc2nn(Cc3ccccc3F)cc2Cl)cnn1C.